The van der Waals surface area contributed by atoms with Gasteiger partial charge in [-0.3, -0.25) is 4.79 Å². The minimum Gasteiger partial charge on any atom is -0.339 e. The van der Waals surface area contributed by atoms with Crippen LogP contribution in [0.5, 0.6) is 0 Å². The molecule has 1 spiro atoms. The molecule has 1 aromatic carbocycles. The van der Waals surface area contributed by atoms with E-state index in [4.69, 9.17) is 0 Å². The molecule has 144 valence electrons. The molecule has 8 heteroatoms. The van der Waals surface area contributed by atoms with Gasteiger partial charge in [-0.15, -0.1) is 12.4 Å². The zero-order chi connectivity index (χ0) is 17.5. The minimum absolute atomic E-state index is 0. The third-order valence-electron chi connectivity index (χ3n) is 5.75. The predicted octanol–water partition coefficient (Wildman–Crippen LogP) is 1.76. The SMILES string of the molecule is Cl.O=C(c1ccc(S(=O)(=O)NC2CC2)cc1)N1CCC2(CCNC2)CC1. The van der Waals surface area contributed by atoms with Gasteiger partial charge in [-0.1, -0.05) is 0 Å². The molecular weight excluding hydrogens is 374 g/mol. The van der Waals surface area contributed by atoms with E-state index in [9.17, 15) is 13.2 Å². The van der Waals surface area contributed by atoms with E-state index >= 15 is 0 Å². The van der Waals surface area contributed by atoms with Gasteiger partial charge < -0.3 is 10.2 Å². The van der Waals surface area contributed by atoms with Gasteiger partial charge in [0.15, 0.2) is 0 Å². The summed E-state index contributed by atoms with van der Waals surface area (Å²) in [6.07, 6.45) is 5.10. The highest BCUT2D eigenvalue weighted by Crippen LogP contribution is 2.37. The van der Waals surface area contributed by atoms with Crippen molar-refractivity contribution in [1.29, 1.82) is 0 Å². The molecule has 2 heterocycles. The van der Waals surface area contributed by atoms with Crippen LogP contribution in [-0.4, -0.2) is 51.4 Å². The first kappa shape index (κ1) is 19.6. The molecule has 3 aliphatic rings. The van der Waals surface area contributed by atoms with E-state index in [2.05, 4.69) is 10.0 Å². The first-order chi connectivity index (χ1) is 12.0. The number of halogens is 1. The third-order valence-corrected chi connectivity index (χ3v) is 7.29. The zero-order valence-electron chi connectivity index (χ0n) is 14.7. The number of carbonyl (C=O) groups excluding carboxylic acids is 1. The second-order valence-corrected chi connectivity index (χ2v) is 9.35. The van der Waals surface area contributed by atoms with Gasteiger partial charge in [0, 0.05) is 31.2 Å². The summed E-state index contributed by atoms with van der Waals surface area (Å²) in [5.41, 5.74) is 0.939. The van der Waals surface area contributed by atoms with Crippen LogP contribution in [0.2, 0.25) is 0 Å². The smallest absolute Gasteiger partial charge is 0.253 e. The number of piperidine rings is 1. The molecule has 4 rings (SSSR count). The largest absolute Gasteiger partial charge is 0.339 e. The molecule has 1 aliphatic carbocycles. The van der Waals surface area contributed by atoms with Crippen molar-refractivity contribution in [2.24, 2.45) is 5.41 Å². The quantitative estimate of drug-likeness (QED) is 0.808. The van der Waals surface area contributed by atoms with E-state index in [0.717, 1.165) is 51.9 Å². The van der Waals surface area contributed by atoms with Crippen LogP contribution in [0.15, 0.2) is 29.2 Å². The molecule has 0 aromatic heterocycles. The molecule has 2 N–H and O–H groups in total. The maximum absolute atomic E-state index is 12.7. The van der Waals surface area contributed by atoms with Crippen molar-refractivity contribution >= 4 is 28.3 Å². The number of nitrogens with zero attached hydrogens (tertiary/aromatic N) is 1. The number of amides is 1. The number of benzene rings is 1. The maximum atomic E-state index is 12.7. The van der Waals surface area contributed by atoms with Gasteiger partial charge in [-0.2, -0.15) is 0 Å². The van der Waals surface area contributed by atoms with Gasteiger partial charge in [0.05, 0.1) is 4.90 Å². The molecule has 6 nitrogen and oxygen atoms in total. The Morgan fingerprint density at radius 1 is 1.12 bits per heavy atom. The number of sulfonamides is 1. The molecular formula is C18H26ClN3O3S. The van der Waals surface area contributed by atoms with E-state index < -0.39 is 10.0 Å². The van der Waals surface area contributed by atoms with E-state index in [1.807, 2.05) is 4.90 Å². The lowest BCUT2D eigenvalue weighted by Gasteiger charge is -2.38. The van der Waals surface area contributed by atoms with Gasteiger partial charge in [-0.25, -0.2) is 13.1 Å². The molecule has 1 saturated carbocycles. The van der Waals surface area contributed by atoms with E-state index in [0.29, 0.717) is 11.0 Å². The fourth-order valence-electron chi connectivity index (χ4n) is 3.85. The Morgan fingerprint density at radius 3 is 2.31 bits per heavy atom. The van der Waals surface area contributed by atoms with Gasteiger partial charge in [-0.05, 0) is 68.3 Å². The lowest BCUT2D eigenvalue weighted by atomic mass is 9.78. The Bertz CT molecular complexity index is 746. The number of likely N-dealkylation sites (tertiary alicyclic amines) is 1. The second-order valence-electron chi connectivity index (χ2n) is 7.64. The minimum atomic E-state index is -3.46. The van der Waals surface area contributed by atoms with Crippen LogP contribution < -0.4 is 10.0 Å². The van der Waals surface area contributed by atoms with Gasteiger partial charge in [0.25, 0.3) is 5.91 Å². The first-order valence-electron chi connectivity index (χ1n) is 9.10. The van der Waals surface area contributed by atoms with Crippen molar-refractivity contribution < 1.29 is 13.2 Å². The molecule has 3 fully saturated rings. The normalized spacial score (nSPS) is 22.2. The highest BCUT2D eigenvalue weighted by atomic mass is 35.5. The lowest BCUT2D eigenvalue weighted by molar-refractivity contribution is 0.0607. The highest BCUT2D eigenvalue weighted by Gasteiger charge is 2.38. The molecule has 1 amide bonds. The Labute approximate surface area is 161 Å². The Kier molecular flexibility index (Phi) is 5.63. The summed E-state index contributed by atoms with van der Waals surface area (Å²) in [6, 6.07) is 6.41. The van der Waals surface area contributed by atoms with E-state index in [-0.39, 0.29) is 29.3 Å². The average molecular weight is 400 g/mol. The lowest BCUT2D eigenvalue weighted by Crippen LogP contribution is -2.44. The average Bonchev–Trinajstić information content (AvgIpc) is 3.31. The molecule has 2 aliphatic heterocycles. The van der Waals surface area contributed by atoms with Crippen LogP contribution in [0.4, 0.5) is 0 Å². The van der Waals surface area contributed by atoms with Crippen molar-refractivity contribution in [3.8, 4) is 0 Å². The fraction of sp³-hybridized carbons (Fsp3) is 0.611. The van der Waals surface area contributed by atoms with Crippen LogP contribution in [0.3, 0.4) is 0 Å². The zero-order valence-corrected chi connectivity index (χ0v) is 16.4. The molecule has 0 unspecified atom stereocenters. The standard InChI is InChI=1S/C18H25N3O3S.ClH/c22-17(21-11-8-18(9-12-21)7-10-19-13-18)14-1-5-16(6-2-14)25(23,24)20-15-3-4-15;/h1-2,5-6,15,19-20H,3-4,7-13H2;1H. The fourth-order valence-corrected chi connectivity index (χ4v) is 5.16. The monoisotopic (exact) mass is 399 g/mol. The summed E-state index contributed by atoms with van der Waals surface area (Å²) in [5.74, 6) is -0.0000869. The first-order valence-corrected chi connectivity index (χ1v) is 10.6. The van der Waals surface area contributed by atoms with E-state index in [1.54, 1.807) is 12.1 Å². The molecule has 1 aromatic rings. The summed E-state index contributed by atoms with van der Waals surface area (Å²) >= 11 is 0. The molecule has 26 heavy (non-hydrogen) atoms. The number of nitrogens with one attached hydrogen (secondary N) is 2. The van der Waals surface area contributed by atoms with Gasteiger partial charge in [0.1, 0.15) is 0 Å². The van der Waals surface area contributed by atoms with Crippen molar-refractivity contribution in [3.63, 3.8) is 0 Å². The maximum Gasteiger partial charge on any atom is 0.253 e. The molecule has 0 atom stereocenters. The molecule has 2 saturated heterocycles. The Balaban J connectivity index is 0.00000196. The summed E-state index contributed by atoms with van der Waals surface area (Å²) in [7, 11) is -3.46. The van der Waals surface area contributed by atoms with Crippen LogP contribution in [0.25, 0.3) is 0 Å². The second kappa shape index (κ2) is 7.46. The van der Waals surface area contributed by atoms with Gasteiger partial charge in [0.2, 0.25) is 10.0 Å². The Morgan fingerprint density at radius 2 is 1.77 bits per heavy atom. The van der Waals surface area contributed by atoms with E-state index in [1.165, 1.54) is 18.6 Å². The number of hydrogen-bond donors (Lipinski definition) is 2. The number of carbonyl (C=O) groups is 1. The topological polar surface area (TPSA) is 78.5 Å². The van der Waals surface area contributed by atoms with Gasteiger partial charge >= 0.3 is 0 Å². The number of rotatable bonds is 4. The Hall–Kier alpha value is -1.15. The van der Waals surface area contributed by atoms with Crippen LogP contribution >= 0.6 is 12.4 Å². The van der Waals surface area contributed by atoms with Crippen LogP contribution in [0.1, 0.15) is 42.5 Å². The highest BCUT2D eigenvalue weighted by molar-refractivity contribution is 7.89. The molecule has 0 radical (unpaired) electrons. The number of hydrogen-bond acceptors (Lipinski definition) is 4. The predicted molar refractivity (Wildman–Crippen MR) is 102 cm³/mol. The third kappa shape index (κ3) is 4.06. The van der Waals surface area contributed by atoms with Crippen molar-refractivity contribution in [1.82, 2.24) is 14.9 Å². The van der Waals surface area contributed by atoms with Crippen molar-refractivity contribution in [2.75, 3.05) is 26.2 Å². The summed E-state index contributed by atoms with van der Waals surface area (Å²) in [5, 5.41) is 3.43. The summed E-state index contributed by atoms with van der Waals surface area (Å²) in [4.78, 5) is 14.8. The van der Waals surface area contributed by atoms with Crippen LogP contribution in [-0.2, 0) is 10.0 Å². The summed E-state index contributed by atoms with van der Waals surface area (Å²) < 4.78 is 27.1. The van der Waals surface area contributed by atoms with Crippen molar-refractivity contribution in [2.45, 2.75) is 43.0 Å². The van der Waals surface area contributed by atoms with Crippen molar-refractivity contribution in [3.05, 3.63) is 29.8 Å². The van der Waals surface area contributed by atoms with Crippen LogP contribution in [0, 0.1) is 5.41 Å². The summed E-state index contributed by atoms with van der Waals surface area (Å²) in [6.45, 7) is 3.71. The molecule has 0 bridgehead atoms.